The predicted octanol–water partition coefficient (Wildman–Crippen LogP) is -1.94. The highest BCUT2D eigenvalue weighted by Crippen LogP contribution is 2.01. The Morgan fingerprint density at radius 3 is 2.80 bits per heavy atom. The largest absolute Gasteiger partial charge is 0.285 e. The lowest BCUT2D eigenvalue weighted by Gasteiger charge is -2.24. The third-order valence-corrected chi connectivity index (χ3v) is 2.00. The van der Waals surface area contributed by atoms with Crippen molar-refractivity contribution in [1.29, 1.82) is 0 Å². The molecule has 1 aliphatic heterocycles. The Balaban J connectivity index is 2.19. The number of hydrogen-bond donors (Lipinski definition) is 5. The van der Waals surface area contributed by atoms with Crippen LogP contribution in [0.2, 0.25) is 0 Å². The molecule has 1 aliphatic rings. The molecule has 2 heterocycles. The normalized spacial score (nSPS) is 20.5. The number of hydrazone groups is 1. The van der Waals surface area contributed by atoms with E-state index >= 15 is 0 Å². The number of rotatable bonds is 1. The summed E-state index contributed by atoms with van der Waals surface area (Å²) in [6.07, 6.45) is -0.300. The van der Waals surface area contributed by atoms with E-state index in [1.54, 1.807) is 4.68 Å². The van der Waals surface area contributed by atoms with Crippen molar-refractivity contribution in [2.45, 2.75) is 20.1 Å². The molecule has 0 bridgehead atoms. The highest BCUT2D eigenvalue weighted by molar-refractivity contribution is 5.81. The minimum absolute atomic E-state index is 0.300. The molecule has 15 heavy (non-hydrogen) atoms. The summed E-state index contributed by atoms with van der Waals surface area (Å²) in [5.74, 6) is 5.79. The molecular formula is C7H14N8. The Morgan fingerprint density at radius 2 is 2.33 bits per heavy atom. The van der Waals surface area contributed by atoms with Crippen molar-refractivity contribution in [3.63, 3.8) is 0 Å². The molecule has 0 saturated carbocycles. The zero-order valence-electron chi connectivity index (χ0n) is 8.57. The monoisotopic (exact) mass is 210 g/mol. The standard InChI is InChI=1S/C7H14N8/c1-4-3-5(2)15(14-4)7-12-10-6(9-8)11-13-7/h3,6,9-11H,8H2,1-2H3,(H,12,13). The molecule has 0 aromatic carbocycles. The number of hydrogen-bond acceptors (Lipinski definition) is 7. The average Bonchev–Trinajstić information content (AvgIpc) is 2.58. The summed E-state index contributed by atoms with van der Waals surface area (Å²) in [6, 6.07) is 1.97. The van der Waals surface area contributed by atoms with Gasteiger partial charge in [-0.25, -0.2) is 10.1 Å². The molecule has 2 rings (SSSR count). The van der Waals surface area contributed by atoms with Crippen LogP contribution in [0.25, 0.3) is 0 Å². The number of nitrogens with one attached hydrogen (secondary N) is 4. The lowest BCUT2D eigenvalue weighted by Crippen LogP contribution is -2.64. The molecule has 0 aliphatic carbocycles. The lowest BCUT2D eigenvalue weighted by molar-refractivity contribution is 0.327. The fourth-order valence-electron chi connectivity index (χ4n) is 1.35. The number of nitrogens with two attached hydrogens (primary N) is 1. The summed E-state index contributed by atoms with van der Waals surface area (Å²) in [5, 5.41) is 8.35. The first-order valence-electron chi connectivity index (χ1n) is 4.55. The van der Waals surface area contributed by atoms with Crippen LogP contribution in [0.5, 0.6) is 0 Å². The summed E-state index contributed by atoms with van der Waals surface area (Å²) < 4.78 is 1.70. The van der Waals surface area contributed by atoms with Crippen LogP contribution >= 0.6 is 0 Å². The van der Waals surface area contributed by atoms with Gasteiger partial charge in [0, 0.05) is 5.69 Å². The van der Waals surface area contributed by atoms with Gasteiger partial charge in [-0.3, -0.25) is 16.7 Å². The quantitative estimate of drug-likeness (QED) is 0.273. The molecule has 1 unspecified atom stereocenters. The van der Waals surface area contributed by atoms with Gasteiger partial charge in [-0.15, -0.1) is 5.10 Å². The van der Waals surface area contributed by atoms with Crippen LogP contribution < -0.4 is 27.5 Å². The van der Waals surface area contributed by atoms with Crippen molar-refractivity contribution in [1.82, 2.24) is 31.5 Å². The van der Waals surface area contributed by atoms with Crippen LogP contribution in [0, 0.1) is 13.8 Å². The minimum Gasteiger partial charge on any atom is -0.285 e. The second-order valence-corrected chi connectivity index (χ2v) is 3.27. The summed E-state index contributed by atoms with van der Waals surface area (Å²) in [7, 11) is 0. The highest BCUT2D eigenvalue weighted by Gasteiger charge is 2.14. The van der Waals surface area contributed by atoms with E-state index in [0.29, 0.717) is 5.96 Å². The Bertz CT molecular complexity index is 380. The average molecular weight is 210 g/mol. The zero-order chi connectivity index (χ0) is 10.8. The Morgan fingerprint density at radius 1 is 1.53 bits per heavy atom. The van der Waals surface area contributed by atoms with E-state index in [0.717, 1.165) is 11.4 Å². The number of hydrazine groups is 2. The zero-order valence-corrected chi connectivity index (χ0v) is 8.57. The Hall–Kier alpha value is -1.64. The third kappa shape index (κ3) is 1.91. The van der Waals surface area contributed by atoms with Crippen LogP contribution in [-0.4, -0.2) is 22.0 Å². The first kappa shape index (κ1) is 9.90. The highest BCUT2D eigenvalue weighted by atomic mass is 15.7. The van der Waals surface area contributed by atoms with Gasteiger partial charge < -0.3 is 0 Å². The molecule has 82 valence electrons. The fraction of sp³-hybridized carbons (Fsp3) is 0.429. The van der Waals surface area contributed by atoms with Crippen LogP contribution in [0.3, 0.4) is 0 Å². The maximum atomic E-state index is 5.21. The molecule has 1 atom stereocenters. The molecule has 0 spiro atoms. The van der Waals surface area contributed by atoms with Crippen molar-refractivity contribution in [3.8, 4) is 0 Å². The van der Waals surface area contributed by atoms with Gasteiger partial charge in [0.15, 0.2) is 6.29 Å². The van der Waals surface area contributed by atoms with Crippen LogP contribution in [0.1, 0.15) is 11.4 Å². The molecule has 0 radical (unpaired) electrons. The van der Waals surface area contributed by atoms with Crippen molar-refractivity contribution >= 4 is 5.96 Å². The van der Waals surface area contributed by atoms with E-state index < -0.39 is 0 Å². The van der Waals surface area contributed by atoms with Gasteiger partial charge in [0.1, 0.15) is 0 Å². The molecule has 0 fully saturated rings. The SMILES string of the molecule is Cc1cc(C)n(C2=NNC(NN)NN2)n1. The van der Waals surface area contributed by atoms with Crippen LogP contribution in [0.4, 0.5) is 0 Å². The van der Waals surface area contributed by atoms with Crippen molar-refractivity contribution in [3.05, 3.63) is 17.5 Å². The molecule has 8 nitrogen and oxygen atoms in total. The van der Waals surface area contributed by atoms with Gasteiger partial charge in [-0.2, -0.15) is 10.5 Å². The summed E-state index contributed by atoms with van der Waals surface area (Å²) in [4.78, 5) is 0. The molecular weight excluding hydrogens is 196 g/mol. The maximum Gasteiger partial charge on any atom is 0.255 e. The van der Waals surface area contributed by atoms with E-state index in [2.05, 4.69) is 31.9 Å². The van der Waals surface area contributed by atoms with E-state index in [-0.39, 0.29) is 6.29 Å². The number of aryl methyl sites for hydroxylation is 2. The summed E-state index contributed by atoms with van der Waals surface area (Å²) in [5.41, 5.74) is 12.9. The van der Waals surface area contributed by atoms with Crippen LogP contribution in [-0.2, 0) is 0 Å². The van der Waals surface area contributed by atoms with E-state index in [1.807, 2.05) is 19.9 Å². The first-order chi connectivity index (χ1) is 7.20. The van der Waals surface area contributed by atoms with E-state index in [9.17, 15) is 0 Å². The minimum atomic E-state index is -0.300. The smallest absolute Gasteiger partial charge is 0.255 e. The van der Waals surface area contributed by atoms with Gasteiger partial charge in [0.05, 0.1) is 5.69 Å². The van der Waals surface area contributed by atoms with Gasteiger partial charge in [0.25, 0.3) is 5.96 Å². The van der Waals surface area contributed by atoms with E-state index in [1.165, 1.54) is 0 Å². The van der Waals surface area contributed by atoms with Crippen molar-refractivity contribution in [2.24, 2.45) is 10.9 Å². The van der Waals surface area contributed by atoms with E-state index in [4.69, 9.17) is 5.84 Å². The Labute approximate surface area is 86.8 Å². The first-order valence-corrected chi connectivity index (χ1v) is 4.55. The Kier molecular flexibility index (Phi) is 2.54. The fourth-order valence-corrected chi connectivity index (χ4v) is 1.35. The number of nitrogens with zero attached hydrogens (tertiary/aromatic N) is 3. The van der Waals surface area contributed by atoms with Gasteiger partial charge in [0.2, 0.25) is 0 Å². The number of aromatic nitrogens is 2. The maximum absolute atomic E-state index is 5.21. The third-order valence-electron chi connectivity index (χ3n) is 2.00. The van der Waals surface area contributed by atoms with Gasteiger partial charge in [-0.05, 0) is 19.9 Å². The lowest BCUT2D eigenvalue weighted by atomic mass is 10.4. The van der Waals surface area contributed by atoms with Gasteiger partial charge >= 0.3 is 0 Å². The molecule has 6 N–H and O–H groups in total. The summed E-state index contributed by atoms with van der Waals surface area (Å²) in [6.45, 7) is 3.88. The second kappa shape index (κ2) is 3.85. The molecule has 8 heteroatoms. The molecule has 1 aromatic rings. The summed E-state index contributed by atoms with van der Waals surface area (Å²) >= 11 is 0. The topological polar surface area (TPSA) is 104 Å². The van der Waals surface area contributed by atoms with Crippen molar-refractivity contribution in [2.75, 3.05) is 0 Å². The van der Waals surface area contributed by atoms with Crippen molar-refractivity contribution < 1.29 is 0 Å². The molecule has 0 amide bonds. The molecule has 1 aromatic heterocycles. The van der Waals surface area contributed by atoms with Crippen LogP contribution in [0.15, 0.2) is 11.2 Å². The second-order valence-electron chi connectivity index (χ2n) is 3.27. The van der Waals surface area contributed by atoms with Gasteiger partial charge in [-0.1, -0.05) is 0 Å². The predicted molar refractivity (Wildman–Crippen MR) is 55.1 cm³/mol. The molecule has 0 saturated heterocycles.